The van der Waals surface area contributed by atoms with Gasteiger partial charge in [-0.2, -0.15) is 0 Å². The zero-order chi connectivity index (χ0) is 9.76. The first-order valence-corrected chi connectivity index (χ1v) is 5.29. The van der Waals surface area contributed by atoms with Crippen LogP contribution >= 0.6 is 0 Å². The van der Waals surface area contributed by atoms with Crippen LogP contribution in [-0.4, -0.2) is 22.8 Å². The Morgan fingerprint density at radius 3 is 3.14 bits per heavy atom. The van der Waals surface area contributed by atoms with E-state index in [-0.39, 0.29) is 11.9 Å². The summed E-state index contributed by atoms with van der Waals surface area (Å²) in [5.74, 6) is 0.616. The van der Waals surface area contributed by atoms with Crippen molar-refractivity contribution in [2.75, 3.05) is 0 Å². The molecular weight excluding hydrogens is 180 g/mol. The normalized spacial score (nSPS) is 50.1. The summed E-state index contributed by atoms with van der Waals surface area (Å²) in [6.45, 7) is 0. The Hall–Kier alpha value is -0.830. The van der Waals surface area contributed by atoms with E-state index in [0.29, 0.717) is 18.8 Å². The van der Waals surface area contributed by atoms with Crippen molar-refractivity contribution >= 4 is 5.97 Å². The molecule has 3 aliphatic rings. The van der Waals surface area contributed by atoms with Gasteiger partial charge in [0.05, 0.1) is 6.10 Å². The SMILES string of the molecule is O=C1CC[C@@]2(O1)[C@H](O)C[C@H]1CC=C[C@H]12. The molecule has 76 valence electrons. The van der Waals surface area contributed by atoms with E-state index < -0.39 is 11.7 Å². The average molecular weight is 194 g/mol. The first-order chi connectivity index (χ1) is 6.72. The fourth-order valence-corrected chi connectivity index (χ4v) is 3.30. The molecule has 3 heteroatoms. The molecule has 0 unspecified atom stereocenters. The largest absolute Gasteiger partial charge is 0.456 e. The lowest BCUT2D eigenvalue weighted by Gasteiger charge is -2.30. The summed E-state index contributed by atoms with van der Waals surface area (Å²) in [4.78, 5) is 11.2. The Kier molecular flexibility index (Phi) is 1.57. The number of fused-ring (bicyclic) bond motifs is 2. The standard InChI is InChI=1S/C11H14O3/c12-9-6-7-2-1-3-8(7)11(9)5-4-10(13)14-11/h1,3,7-9,12H,2,4-6H2/t7-,8-,9-,11+/m1/s1. The molecule has 14 heavy (non-hydrogen) atoms. The number of aliphatic hydroxyl groups excluding tert-OH is 1. The summed E-state index contributed by atoms with van der Waals surface area (Å²) in [6.07, 6.45) is 6.79. The molecule has 0 aromatic rings. The van der Waals surface area contributed by atoms with Gasteiger partial charge in [0, 0.05) is 18.8 Å². The van der Waals surface area contributed by atoms with Crippen LogP contribution in [0, 0.1) is 11.8 Å². The summed E-state index contributed by atoms with van der Waals surface area (Å²) >= 11 is 0. The number of esters is 1. The van der Waals surface area contributed by atoms with Crippen molar-refractivity contribution in [1.29, 1.82) is 0 Å². The topological polar surface area (TPSA) is 46.5 Å². The molecule has 0 amide bonds. The van der Waals surface area contributed by atoms with Crippen LogP contribution in [0.2, 0.25) is 0 Å². The van der Waals surface area contributed by atoms with Crippen molar-refractivity contribution in [3.05, 3.63) is 12.2 Å². The van der Waals surface area contributed by atoms with Gasteiger partial charge in [-0.3, -0.25) is 4.79 Å². The van der Waals surface area contributed by atoms with Crippen molar-refractivity contribution in [3.8, 4) is 0 Å². The van der Waals surface area contributed by atoms with Crippen LogP contribution in [0.3, 0.4) is 0 Å². The number of rotatable bonds is 0. The van der Waals surface area contributed by atoms with E-state index in [1.54, 1.807) is 0 Å². The summed E-state index contributed by atoms with van der Waals surface area (Å²) in [6, 6.07) is 0. The lowest BCUT2D eigenvalue weighted by Crippen LogP contribution is -2.42. The van der Waals surface area contributed by atoms with Crippen LogP contribution in [0.25, 0.3) is 0 Å². The monoisotopic (exact) mass is 194 g/mol. The molecule has 0 aromatic heterocycles. The van der Waals surface area contributed by atoms with Gasteiger partial charge in [-0.15, -0.1) is 0 Å². The first-order valence-electron chi connectivity index (χ1n) is 5.29. The van der Waals surface area contributed by atoms with E-state index in [4.69, 9.17) is 4.74 Å². The fourth-order valence-electron chi connectivity index (χ4n) is 3.30. The fraction of sp³-hybridized carbons (Fsp3) is 0.727. The minimum atomic E-state index is -0.561. The third-order valence-electron chi connectivity index (χ3n) is 3.97. The second-order valence-corrected chi connectivity index (χ2v) is 4.63. The van der Waals surface area contributed by atoms with E-state index in [9.17, 15) is 9.90 Å². The van der Waals surface area contributed by atoms with Gasteiger partial charge in [0.25, 0.3) is 0 Å². The highest BCUT2D eigenvalue weighted by Gasteiger charge is 2.59. The zero-order valence-electron chi connectivity index (χ0n) is 7.98. The van der Waals surface area contributed by atoms with Crippen LogP contribution in [-0.2, 0) is 9.53 Å². The highest BCUT2D eigenvalue weighted by atomic mass is 16.6. The maximum atomic E-state index is 11.2. The van der Waals surface area contributed by atoms with Crippen LogP contribution in [0.4, 0.5) is 0 Å². The number of carbonyl (C=O) groups is 1. The molecular formula is C11H14O3. The summed E-state index contributed by atoms with van der Waals surface area (Å²) in [5, 5.41) is 9.99. The third-order valence-corrected chi connectivity index (χ3v) is 3.97. The van der Waals surface area contributed by atoms with Crippen LogP contribution in [0.1, 0.15) is 25.7 Å². The van der Waals surface area contributed by atoms with Crippen molar-refractivity contribution in [2.45, 2.75) is 37.4 Å². The number of allylic oxidation sites excluding steroid dienone is 1. The van der Waals surface area contributed by atoms with Gasteiger partial charge in [-0.05, 0) is 18.8 Å². The molecule has 1 heterocycles. The molecule has 0 bridgehead atoms. The van der Waals surface area contributed by atoms with E-state index >= 15 is 0 Å². The molecule has 1 saturated carbocycles. The Labute approximate surface area is 82.8 Å². The van der Waals surface area contributed by atoms with Gasteiger partial charge < -0.3 is 9.84 Å². The minimum absolute atomic E-state index is 0.148. The van der Waals surface area contributed by atoms with Gasteiger partial charge in [-0.1, -0.05) is 12.2 Å². The number of aliphatic hydroxyl groups is 1. The molecule has 3 rings (SSSR count). The Morgan fingerprint density at radius 1 is 1.57 bits per heavy atom. The predicted octanol–water partition coefficient (Wildman–Crippen LogP) is 1.02. The Bertz CT molecular complexity index is 310. The summed E-state index contributed by atoms with van der Waals surface area (Å²) in [7, 11) is 0. The van der Waals surface area contributed by atoms with Gasteiger partial charge in [0.1, 0.15) is 5.60 Å². The second kappa shape index (κ2) is 2.60. The molecule has 3 nitrogen and oxygen atoms in total. The molecule has 1 saturated heterocycles. The van der Waals surface area contributed by atoms with Crippen LogP contribution in [0.15, 0.2) is 12.2 Å². The lowest BCUT2D eigenvalue weighted by atomic mass is 9.85. The zero-order valence-corrected chi connectivity index (χ0v) is 7.98. The third kappa shape index (κ3) is 0.883. The maximum Gasteiger partial charge on any atom is 0.306 e. The van der Waals surface area contributed by atoms with E-state index in [1.807, 2.05) is 0 Å². The molecule has 4 atom stereocenters. The van der Waals surface area contributed by atoms with Gasteiger partial charge in [0.15, 0.2) is 0 Å². The van der Waals surface area contributed by atoms with Crippen molar-refractivity contribution in [3.63, 3.8) is 0 Å². The van der Waals surface area contributed by atoms with Crippen LogP contribution < -0.4 is 0 Å². The van der Waals surface area contributed by atoms with Gasteiger partial charge >= 0.3 is 5.97 Å². The minimum Gasteiger partial charge on any atom is -0.456 e. The van der Waals surface area contributed by atoms with Crippen molar-refractivity contribution in [1.82, 2.24) is 0 Å². The molecule has 1 spiro atoms. The van der Waals surface area contributed by atoms with Gasteiger partial charge in [-0.25, -0.2) is 0 Å². The predicted molar refractivity (Wildman–Crippen MR) is 49.4 cm³/mol. The quantitative estimate of drug-likeness (QED) is 0.462. The number of hydrogen-bond donors (Lipinski definition) is 1. The average Bonchev–Trinajstić information content (AvgIpc) is 2.76. The number of hydrogen-bond acceptors (Lipinski definition) is 3. The molecule has 0 aromatic carbocycles. The van der Waals surface area contributed by atoms with E-state index in [2.05, 4.69) is 12.2 Å². The molecule has 2 aliphatic carbocycles. The highest BCUT2D eigenvalue weighted by molar-refractivity contribution is 5.72. The molecule has 1 aliphatic heterocycles. The van der Waals surface area contributed by atoms with E-state index in [1.165, 1.54) is 0 Å². The molecule has 2 fully saturated rings. The maximum absolute atomic E-state index is 11.2. The summed E-state index contributed by atoms with van der Waals surface area (Å²) < 4.78 is 5.40. The highest BCUT2D eigenvalue weighted by Crippen LogP contribution is 2.52. The van der Waals surface area contributed by atoms with Gasteiger partial charge in [0.2, 0.25) is 0 Å². The number of carbonyl (C=O) groups excluding carboxylic acids is 1. The van der Waals surface area contributed by atoms with Crippen LogP contribution in [0.5, 0.6) is 0 Å². The Morgan fingerprint density at radius 2 is 2.43 bits per heavy atom. The Balaban J connectivity index is 1.97. The molecule has 1 N–H and O–H groups in total. The smallest absolute Gasteiger partial charge is 0.306 e. The first kappa shape index (κ1) is 8.48. The lowest BCUT2D eigenvalue weighted by molar-refractivity contribution is -0.158. The number of ether oxygens (including phenoxy) is 1. The van der Waals surface area contributed by atoms with Crippen molar-refractivity contribution < 1.29 is 14.6 Å². The van der Waals surface area contributed by atoms with Crippen molar-refractivity contribution in [2.24, 2.45) is 11.8 Å². The summed E-state index contributed by atoms with van der Waals surface area (Å²) in [5.41, 5.74) is -0.561. The van der Waals surface area contributed by atoms with E-state index in [0.717, 1.165) is 12.8 Å². The molecule has 0 radical (unpaired) electrons. The second-order valence-electron chi connectivity index (χ2n) is 4.63.